The highest BCUT2D eigenvalue weighted by Crippen LogP contribution is 2.22. The first kappa shape index (κ1) is 18.4. The van der Waals surface area contributed by atoms with Gasteiger partial charge < -0.3 is 15.8 Å². The highest BCUT2D eigenvalue weighted by atomic mass is 16.5. The molecule has 3 aromatic rings. The lowest BCUT2D eigenvalue weighted by molar-refractivity contribution is 0.100. The van der Waals surface area contributed by atoms with Gasteiger partial charge in [0.25, 0.3) is 0 Å². The number of carbonyl (C=O) groups excluding carboxylic acids is 1. The van der Waals surface area contributed by atoms with Crippen LogP contribution in [-0.4, -0.2) is 29.0 Å². The Hall–Kier alpha value is -3.41. The van der Waals surface area contributed by atoms with Crippen LogP contribution in [0, 0.1) is 6.92 Å². The number of nitrogens with one attached hydrogen (secondary N) is 1. The molecule has 0 spiro atoms. The summed E-state index contributed by atoms with van der Waals surface area (Å²) in [6.07, 6.45) is 2.46. The van der Waals surface area contributed by atoms with Gasteiger partial charge in [-0.05, 0) is 43.2 Å². The summed E-state index contributed by atoms with van der Waals surface area (Å²) in [4.78, 5) is 20.3. The fraction of sp³-hybridized carbons (Fsp3) is 0.190. The second-order valence-electron chi connectivity index (χ2n) is 6.12. The van der Waals surface area contributed by atoms with E-state index in [2.05, 4.69) is 15.3 Å². The lowest BCUT2D eigenvalue weighted by Crippen LogP contribution is -2.13. The first-order valence-electron chi connectivity index (χ1n) is 8.79. The van der Waals surface area contributed by atoms with Crippen LogP contribution in [0.25, 0.3) is 11.3 Å². The quantitative estimate of drug-likeness (QED) is 0.599. The van der Waals surface area contributed by atoms with Crippen molar-refractivity contribution < 1.29 is 9.53 Å². The largest absolute Gasteiger partial charge is 0.494 e. The van der Waals surface area contributed by atoms with Crippen molar-refractivity contribution in [2.24, 2.45) is 5.73 Å². The minimum atomic E-state index is -0.480. The number of hydrogen-bond donors (Lipinski definition) is 2. The van der Waals surface area contributed by atoms with Crippen molar-refractivity contribution in [3.05, 3.63) is 71.9 Å². The van der Waals surface area contributed by atoms with Crippen LogP contribution >= 0.6 is 0 Å². The van der Waals surface area contributed by atoms with E-state index < -0.39 is 5.91 Å². The van der Waals surface area contributed by atoms with Crippen molar-refractivity contribution in [2.75, 3.05) is 18.5 Å². The zero-order valence-electron chi connectivity index (χ0n) is 15.2. The van der Waals surface area contributed by atoms with E-state index in [-0.39, 0.29) is 0 Å². The third-order valence-corrected chi connectivity index (χ3v) is 3.99. The number of ether oxygens (including phenoxy) is 1. The second-order valence-corrected chi connectivity index (χ2v) is 6.12. The van der Waals surface area contributed by atoms with Gasteiger partial charge in [0.05, 0.1) is 12.3 Å². The molecule has 0 saturated heterocycles. The zero-order valence-corrected chi connectivity index (χ0v) is 15.2. The molecule has 0 atom stereocenters. The van der Waals surface area contributed by atoms with Crippen LogP contribution in [0.4, 0.5) is 5.95 Å². The highest BCUT2D eigenvalue weighted by molar-refractivity contribution is 5.99. The summed E-state index contributed by atoms with van der Waals surface area (Å²) >= 11 is 0. The maximum Gasteiger partial charge on any atom is 0.249 e. The number of carbonyl (C=O) groups is 1. The first-order valence-corrected chi connectivity index (χ1v) is 8.79. The number of nitrogens with zero attached hydrogens (tertiary/aromatic N) is 2. The Kier molecular flexibility index (Phi) is 5.99. The summed E-state index contributed by atoms with van der Waals surface area (Å²) in [5.74, 6) is 0.894. The molecule has 2 aromatic carbocycles. The molecule has 138 valence electrons. The van der Waals surface area contributed by atoms with E-state index in [0.29, 0.717) is 35.9 Å². The minimum Gasteiger partial charge on any atom is -0.494 e. The maximum atomic E-state index is 11.6. The van der Waals surface area contributed by atoms with Crippen molar-refractivity contribution in [2.45, 2.75) is 13.3 Å². The van der Waals surface area contributed by atoms with E-state index >= 15 is 0 Å². The van der Waals surface area contributed by atoms with Gasteiger partial charge in [0, 0.05) is 23.9 Å². The molecule has 3 N–H and O–H groups in total. The van der Waals surface area contributed by atoms with Gasteiger partial charge >= 0.3 is 0 Å². The summed E-state index contributed by atoms with van der Waals surface area (Å²) in [5.41, 5.74) is 8.40. The number of benzene rings is 2. The van der Waals surface area contributed by atoms with Crippen LogP contribution in [0.5, 0.6) is 5.75 Å². The van der Waals surface area contributed by atoms with E-state index in [1.807, 2.05) is 43.3 Å². The van der Waals surface area contributed by atoms with Gasteiger partial charge in [-0.3, -0.25) is 4.79 Å². The summed E-state index contributed by atoms with van der Waals surface area (Å²) in [5, 5.41) is 3.18. The van der Waals surface area contributed by atoms with E-state index in [0.717, 1.165) is 12.2 Å². The van der Waals surface area contributed by atoms with Crippen LogP contribution < -0.4 is 15.8 Å². The number of amides is 1. The monoisotopic (exact) mass is 362 g/mol. The van der Waals surface area contributed by atoms with Gasteiger partial charge in [-0.25, -0.2) is 9.97 Å². The van der Waals surface area contributed by atoms with E-state index in [4.69, 9.17) is 10.5 Å². The lowest BCUT2D eigenvalue weighted by Gasteiger charge is -2.09. The number of aryl methyl sites for hydroxylation is 1. The van der Waals surface area contributed by atoms with Crippen molar-refractivity contribution >= 4 is 11.9 Å². The molecule has 0 saturated carbocycles. The Balaban J connectivity index is 1.56. The molecular weight excluding hydrogens is 340 g/mol. The molecule has 1 heterocycles. The molecule has 0 unspecified atom stereocenters. The summed E-state index contributed by atoms with van der Waals surface area (Å²) in [6, 6.07) is 16.9. The average molecular weight is 362 g/mol. The van der Waals surface area contributed by atoms with Gasteiger partial charge in [-0.1, -0.05) is 30.3 Å². The fourth-order valence-corrected chi connectivity index (χ4v) is 2.68. The number of anilines is 1. The normalized spacial score (nSPS) is 10.4. The molecule has 1 aromatic heterocycles. The Morgan fingerprint density at radius 1 is 1.15 bits per heavy atom. The van der Waals surface area contributed by atoms with Gasteiger partial charge in [-0.2, -0.15) is 0 Å². The van der Waals surface area contributed by atoms with Crippen molar-refractivity contribution in [1.82, 2.24) is 9.97 Å². The Morgan fingerprint density at radius 3 is 2.81 bits per heavy atom. The summed E-state index contributed by atoms with van der Waals surface area (Å²) in [7, 11) is 0. The zero-order chi connectivity index (χ0) is 19.1. The van der Waals surface area contributed by atoms with Gasteiger partial charge in [0.2, 0.25) is 11.9 Å². The molecule has 1 amide bonds. The standard InChI is InChI=1S/C21H22N4O2/c1-15-6-4-7-16(14-15)27-13-5-11-23-21-24-12-10-19(25-21)17-8-2-3-9-18(17)20(22)26/h2-4,6-10,12,14H,5,11,13H2,1H3,(H2,22,26)(H,23,24,25). The van der Waals surface area contributed by atoms with Gasteiger partial charge in [0.1, 0.15) is 5.75 Å². The van der Waals surface area contributed by atoms with Gasteiger partial charge in [-0.15, -0.1) is 0 Å². The fourth-order valence-electron chi connectivity index (χ4n) is 2.68. The number of hydrogen-bond acceptors (Lipinski definition) is 5. The topological polar surface area (TPSA) is 90.1 Å². The molecule has 0 aliphatic heterocycles. The van der Waals surface area contributed by atoms with E-state index in [1.165, 1.54) is 5.56 Å². The lowest BCUT2D eigenvalue weighted by atomic mass is 10.0. The number of primary amides is 1. The van der Waals surface area contributed by atoms with Crippen LogP contribution in [0.1, 0.15) is 22.3 Å². The predicted molar refractivity (Wildman–Crippen MR) is 106 cm³/mol. The third-order valence-electron chi connectivity index (χ3n) is 3.99. The van der Waals surface area contributed by atoms with E-state index in [9.17, 15) is 4.79 Å². The maximum absolute atomic E-state index is 11.6. The number of nitrogens with two attached hydrogens (primary N) is 1. The Morgan fingerprint density at radius 2 is 2.00 bits per heavy atom. The van der Waals surface area contributed by atoms with Crippen molar-refractivity contribution in [3.63, 3.8) is 0 Å². The smallest absolute Gasteiger partial charge is 0.249 e. The minimum absolute atomic E-state index is 0.439. The molecule has 0 bridgehead atoms. The average Bonchev–Trinajstić information content (AvgIpc) is 2.68. The SMILES string of the molecule is Cc1cccc(OCCCNc2nccc(-c3ccccc3C(N)=O)n2)c1. The van der Waals surface area contributed by atoms with Crippen molar-refractivity contribution in [1.29, 1.82) is 0 Å². The number of aromatic nitrogens is 2. The molecule has 27 heavy (non-hydrogen) atoms. The second kappa shape index (κ2) is 8.80. The molecule has 0 radical (unpaired) electrons. The predicted octanol–water partition coefficient (Wildman–Crippen LogP) is 3.43. The Bertz CT molecular complexity index is 927. The van der Waals surface area contributed by atoms with Crippen LogP contribution in [0.2, 0.25) is 0 Å². The molecule has 0 aliphatic rings. The summed E-state index contributed by atoms with van der Waals surface area (Å²) in [6.45, 7) is 3.31. The van der Waals surface area contributed by atoms with Crippen LogP contribution in [0.3, 0.4) is 0 Å². The van der Waals surface area contributed by atoms with E-state index in [1.54, 1.807) is 24.4 Å². The Labute approximate surface area is 158 Å². The van der Waals surface area contributed by atoms with Crippen LogP contribution in [-0.2, 0) is 0 Å². The molecular formula is C21H22N4O2. The number of rotatable bonds is 8. The first-order chi connectivity index (χ1) is 13.1. The highest BCUT2D eigenvalue weighted by Gasteiger charge is 2.11. The van der Waals surface area contributed by atoms with Crippen LogP contribution in [0.15, 0.2) is 60.8 Å². The molecule has 0 aliphatic carbocycles. The molecule has 0 fully saturated rings. The molecule has 6 nitrogen and oxygen atoms in total. The molecule has 6 heteroatoms. The molecule has 3 rings (SSSR count). The third kappa shape index (κ3) is 5.04. The van der Waals surface area contributed by atoms with Gasteiger partial charge in [0.15, 0.2) is 0 Å². The van der Waals surface area contributed by atoms with Crippen molar-refractivity contribution in [3.8, 4) is 17.0 Å². The summed E-state index contributed by atoms with van der Waals surface area (Å²) < 4.78 is 5.73.